The minimum atomic E-state index is -0.401. The molecule has 0 aliphatic heterocycles. The van der Waals surface area contributed by atoms with Gasteiger partial charge in [-0.3, -0.25) is 4.79 Å². The number of primary amides is 1. The normalized spacial score (nSPS) is 10.9. The molecule has 0 aliphatic rings. The topological polar surface area (TPSA) is 43.1 Å². The Morgan fingerprint density at radius 3 is 2.40 bits per heavy atom. The predicted molar refractivity (Wildman–Crippen MR) is 64.3 cm³/mol. The van der Waals surface area contributed by atoms with Crippen molar-refractivity contribution in [2.75, 3.05) is 0 Å². The van der Waals surface area contributed by atoms with Crippen LogP contribution in [-0.2, 0) is 4.79 Å². The van der Waals surface area contributed by atoms with E-state index in [0.29, 0.717) is 20.6 Å². The molecule has 0 heterocycles. The van der Waals surface area contributed by atoms with Gasteiger partial charge in [-0.1, -0.05) is 47.0 Å². The first-order chi connectivity index (χ1) is 7.00. The molecular weight excluding hydrogens is 256 g/mol. The minimum Gasteiger partial charge on any atom is -0.369 e. The highest BCUT2D eigenvalue weighted by Gasteiger charge is 2.03. The van der Waals surface area contributed by atoms with Gasteiger partial charge in [0.2, 0.25) is 5.91 Å². The molecule has 1 rings (SSSR count). The van der Waals surface area contributed by atoms with Gasteiger partial charge < -0.3 is 5.73 Å². The predicted octanol–water partition coefficient (Wildman–Crippen LogP) is 3.54. The molecule has 80 valence electrons. The first kappa shape index (κ1) is 12.4. The molecule has 15 heavy (non-hydrogen) atoms. The van der Waals surface area contributed by atoms with E-state index in [1.807, 2.05) is 0 Å². The average Bonchev–Trinajstić information content (AvgIpc) is 2.13. The van der Waals surface area contributed by atoms with Crippen LogP contribution in [0.15, 0.2) is 18.2 Å². The van der Waals surface area contributed by atoms with Crippen LogP contribution in [0.3, 0.4) is 0 Å². The lowest BCUT2D eigenvalue weighted by atomic mass is 10.2. The smallest absolute Gasteiger partial charge is 0.221 e. The van der Waals surface area contributed by atoms with Crippen LogP contribution in [0.4, 0.5) is 0 Å². The molecular formula is C10H8Cl3NO. The zero-order valence-electron chi connectivity index (χ0n) is 7.64. The molecule has 2 nitrogen and oxygen atoms in total. The third-order valence-electron chi connectivity index (χ3n) is 1.66. The van der Waals surface area contributed by atoms with Crippen molar-refractivity contribution in [2.24, 2.45) is 5.73 Å². The maximum Gasteiger partial charge on any atom is 0.221 e. The van der Waals surface area contributed by atoms with E-state index >= 15 is 0 Å². The van der Waals surface area contributed by atoms with Crippen molar-refractivity contribution in [1.82, 2.24) is 0 Å². The van der Waals surface area contributed by atoms with Crippen LogP contribution in [0.2, 0.25) is 15.1 Å². The third kappa shape index (κ3) is 3.74. The zero-order valence-corrected chi connectivity index (χ0v) is 9.90. The molecule has 1 aromatic rings. The van der Waals surface area contributed by atoms with Gasteiger partial charge in [0.1, 0.15) is 0 Å². The van der Waals surface area contributed by atoms with E-state index < -0.39 is 5.91 Å². The first-order valence-electron chi connectivity index (χ1n) is 4.10. The Labute approximate surface area is 103 Å². The van der Waals surface area contributed by atoms with Crippen LogP contribution < -0.4 is 5.73 Å². The molecule has 0 unspecified atom stereocenters. The zero-order chi connectivity index (χ0) is 11.4. The van der Waals surface area contributed by atoms with Gasteiger partial charge >= 0.3 is 0 Å². The quantitative estimate of drug-likeness (QED) is 0.834. The monoisotopic (exact) mass is 263 g/mol. The summed E-state index contributed by atoms with van der Waals surface area (Å²) < 4.78 is 0. The van der Waals surface area contributed by atoms with Crippen LogP contribution in [0.5, 0.6) is 0 Å². The van der Waals surface area contributed by atoms with E-state index in [0.717, 1.165) is 0 Å². The lowest BCUT2D eigenvalue weighted by Crippen LogP contribution is -2.07. The van der Waals surface area contributed by atoms with Crippen LogP contribution in [0.1, 0.15) is 12.0 Å². The molecule has 0 atom stereocenters. The number of carbonyl (C=O) groups excluding carboxylic acids is 1. The van der Waals surface area contributed by atoms with E-state index in [9.17, 15) is 4.79 Å². The summed E-state index contributed by atoms with van der Waals surface area (Å²) >= 11 is 17.5. The van der Waals surface area contributed by atoms with Crippen LogP contribution in [-0.4, -0.2) is 5.91 Å². The third-order valence-corrected chi connectivity index (χ3v) is 2.71. The van der Waals surface area contributed by atoms with Crippen molar-refractivity contribution in [3.05, 3.63) is 38.8 Å². The van der Waals surface area contributed by atoms with Gasteiger partial charge in [0, 0.05) is 11.4 Å². The van der Waals surface area contributed by atoms with E-state index in [2.05, 4.69) is 0 Å². The fourth-order valence-corrected chi connectivity index (χ4v) is 1.59. The minimum absolute atomic E-state index is 0.163. The second-order valence-corrected chi connectivity index (χ2v) is 4.08. The molecule has 1 amide bonds. The van der Waals surface area contributed by atoms with Crippen molar-refractivity contribution < 1.29 is 4.79 Å². The number of halogens is 3. The molecule has 0 saturated carbocycles. The number of carbonyl (C=O) groups is 1. The number of hydrogen-bond donors (Lipinski definition) is 1. The van der Waals surface area contributed by atoms with Crippen LogP contribution in [0, 0.1) is 0 Å². The number of rotatable bonds is 3. The van der Waals surface area contributed by atoms with E-state index in [1.54, 1.807) is 24.3 Å². The fraction of sp³-hybridized carbons (Fsp3) is 0.100. The Hall–Kier alpha value is -0.700. The van der Waals surface area contributed by atoms with Crippen molar-refractivity contribution in [3.63, 3.8) is 0 Å². The van der Waals surface area contributed by atoms with Crippen molar-refractivity contribution in [2.45, 2.75) is 6.42 Å². The number of nitrogens with two attached hydrogens (primary N) is 1. The lowest BCUT2D eigenvalue weighted by Gasteiger charge is -2.01. The Morgan fingerprint density at radius 1 is 1.20 bits per heavy atom. The second-order valence-electron chi connectivity index (χ2n) is 2.86. The molecule has 5 heteroatoms. The summed E-state index contributed by atoms with van der Waals surface area (Å²) in [6.07, 6.45) is 3.46. The molecule has 0 fully saturated rings. The molecule has 0 aliphatic carbocycles. The molecule has 2 N–H and O–H groups in total. The Kier molecular flexibility index (Phi) is 4.45. The summed E-state index contributed by atoms with van der Waals surface area (Å²) in [5.74, 6) is -0.401. The highest BCUT2D eigenvalue weighted by molar-refractivity contribution is 6.43. The summed E-state index contributed by atoms with van der Waals surface area (Å²) in [6.45, 7) is 0. The maximum absolute atomic E-state index is 10.5. The molecule has 0 saturated heterocycles. The summed E-state index contributed by atoms with van der Waals surface area (Å²) in [7, 11) is 0. The SMILES string of the molecule is NC(=O)CC=Cc1cc(Cl)c(Cl)cc1Cl. The van der Waals surface area contributed by atoms with Gasteiger partial charge in [0.25, 0.3) is 0 Å². The van der Waals surface area contributed by atoms with Crippen molar-refractivity contribution in [1.29, 1.82) is 0 Å². The average molecular weight is 265 g/mol. The Balaban J connectivity index is 2.90. The first-order valence-corrected chi connectivity index (χ1v) is 5.23. The summed E-state index contributed by atoms with van der Waals surface area (Å²) in [5, 5.41) is 1.29. The van der Waals surface area contributed by atoms with E-state index in [4.69, 9.17) is 40.5 Å². The van der Waals surface area contributed by atoms with E-state index in [1.165, 1.54) is 0 Å². The maximum atomic E-state index is 10.5. The number of hydrogen-bond acceptors (Lipinski definition) is 1. The standard InChI is InChI=1S/C10H8Cl3NO/c11-7-5-9(13)8(12)4-6(7)2-1-3-10(14)15/h1-2,4-5H,3H2,(H2,14,15). The van der Waals surface area contributed by atoms with Crippen LogP contribution >= 0.6 is 34.8 Å². The summed E-state index contributed by atoms with van der Waals surface area (Å²) in [5.41, 5.74) is 5.68. The fourth-order valence-electron chi connectivity index (χ4n) is 0.968. The van der Waals surface area contributed by atoms with Crippen molar-refractivity contribution in [3.8, 4) is 0 Å². The Bertz CT molecular complexity index is 415. The number of benzene rings is 1. The number of amides is 1. The van der Waals surface area contributed by atoms with Gasteiger partial charge in [0.15, 0.2) is 0 Å². The van der Waals surface area contributed by atoms with Gasteiger partial charge in [-0.05, 0) is 17.7 Å². The van der Waals surface area contributed by atoms with Gasteiger partial charge in [-0.2, -0.15) is 0 Å². The molecule has 0 spiro atoms. The highest BCUT2D eigenvalue weighted by atomic mass is 35.5. The lowest BCUT2D eigenvalue weighted by molar-refractivity contribution is -0.117. The summed E-state index contributed by atoms with van der Waals surface area (Å²) in [6, 6.07) is 3.18. The largest absolute Gasteiger partial charge is 0.369 e. The Morgan fingerprint density at radius 2 is 1.80 bits per heavy atom. The van der Waals surface area contributed by atoms with E-state index in [-0.39, 0.29) is 6.42 Å². The summed E-state index contributed by atoms with van der Waals surface area (Å²) in [4.78, 5) is 10.5. The van der Waals surface area contributed by atoms with Crippen LogP contribution in [0.25, 0.3) is 6.08 Å². The second kappa shape index (κ2) is 5.40. The van der Waals surface area contributed by atoms with Gasteiger partial charge in [-0.15, -0.1) is 0 Å². The molecule has 0 radical (unpaired) electrons. The van der Waals surface area contributed by atoms with Gasteiger partial charge in [0.05, 0.1) is 10.0 Å². The van der Waals surface area contributed by atoms with Crippen molar-refractivity contribution >= 4 is 46.8 Å². The molecule has 0 bridgehead atoms. The molecule has 1 aromatic carbocycles. The van der Waals surface area contributed by atoms with Gasteiger partial charge in [-0.25, -0.2) is 0 Å². The molecule has 0 aromatic heterocycles. The highest BCUT2D eigenvalue weighted by Crippen LogP contribution is 2.29.